The van der Waals surface area contributed by atoms with Crippen LogP contribution in [0.25, 0.3) is 10.1 Å². The van der Waals surface area contributed by atoms with Crippen LogP contribution in [-0.4, -0.2) is 9.48 Å². The van der Waals surface area contributed by atoms with Gasteiger partial charge in [0.2, 0.25) is 0 Å². The topological polar surface area (TPSA) is 33.1 Å². The normalized spacial score (nSPS) is 10.6. The van der Waals surface area contributed by atoms with Crippen LogP contribution in [0, 0.1) is 0 Å². The second-order valence-corrected chi connectivity index (χ2v) is 3.19. The van der Waals surface area contributed by atoms with Gasteiger partial charge in [-0.2, -0.15) is 4.37 Å². The molecule has 1 aromatic carbocycles. The van der Waals surface area contributed by atoms with Crippen molar-refractivity contribution in [3.05, 3.63) is 30.0 Å². The lowest BCUT2D eigenvalue weighted by atomic mass is 10.2. The minimum absolute atomic E-state index is 0.105. The monoisotopic (exact) mass is 165 g/mol. The summed E-state index contributed by atoms with van der Waals surface area (Å²) >= 11 is 1.46. The number of benzene rings is 1. The molecule has 0 spiro atoms. The smallest absolute Gasteiger partial charge is 0.0682 e. The SMILES string of the molecule is OCc1ccc2cnsc2c1. The van der Waals surface area contributed by atoms with Gasteiger partial charge in [-0.1, -0.05) is 12.1 Å². The summed E-state index contributed by atoms with van der Waals surface area (Å²) in [6, 6.07) is 5.86. The van der Waals surface area contributed by atoms with Gasteiger partial charge in [-0.3, -0.25) is 0 Å². The van der Waals surface area contributed by atoms with Gasteiger partial charge in [-0.25, -0.2) is 0 Å². The zero-order valence-corrected chi connectivity index (χ0v) is 6.64. The Kier molecular flexibility index (Phi) is 1.60. The number of aliphatic hydroxyl groups is 1. The Morgan fingerprint density at radius 3 is 3.18 bits per heavy atom. The van der Waals surface area contributed by atoms with E-state index in [4.69, 9.17) is 5.11 Å². The quantitative estimate of drug-likeness (QED) is 0.698. The van der Waals surface area contributed by atoms with Crippen LogP contribution in [0.5, 0.6) is 0 Å². The van der Waals surface area contributed by atoms with E-state index in [1.54, 1.807) is 0 Å². The molecule has 0 radical (unpaired) electrons. The van der Waals surface area contributed by atoms with Crippen LogP contribution < -0.4 is 0 Å². The van der Waals surface area contributed by atoms with E-state index < -0.39 is 0 Å². The Hall–Kier alpha value is -0.930. The summed E-state index contributed by atoms with van der Waals surface area (Å²) in [4.78, 5) is 0. The van der Waals surface area contributed by atoms with Crippen molar-refractivity contribution >= 4 is 21.6 Å². The first kappa shape index (κ1) is 6.76. The van der Waals surface area contributed by atoms with E-state index in [1.165, 1.54) is 11.5 Å². The molecule has 2 rings (SSSR count). The fraction of sp³-hybridized carbons (Fsp3) is 0.125. The molecule has 11 heavy (non-hydrogen) atoms. The highest BCUT2D eigenvalue weighted by molar-refractivity contribution is 7.13. The standard InChI is InChI=1S/C8H7NOS/c10-5-6-1-2-7-4-9-11-8(7)3-6/h1-4,10H,5H2. The highest BCUT2D eigenvalue weighted by Gasteiger charge is 1.96. The van der Waals surface area contributed by atoms with Gasteiger partial charge in [0.1, 0.15) is 0 Å². The van der Waals surface area contributed by atoms with Gasteiger partial charge in [-0.05, 0) is 23.2 Å². The lowest BCUT2D eigenvalue weighted by Gasteiger charge is -1.93. The van der Waals surface area contributed by atoms with Crippen LogP contribution in [0.3, 0.4) is 0 Å². The predicted molar refractivity (Wildman–Crippen MR) is 45.5 cm³/mol. The summed E-state index contributed by atoms with van der Waals surface area (Å²) in [5.41, 5.74) is 0.946. The number of hydrogen-bond acceptors (Lipinski definition) is 3. The van der Waals surface area contributed by atoms with E-state index in [0.29, 0.717) is 0 Å². The van der Waals surface area contributed by atoms with Gasteiger partial charge in [0.15, 0.2) is 0 Å². The zero-order chi connectivity index (χ0) is 7.68. The van der Waals surface area contributed by atoms with Crippen LogP contribution >= 0.6 is 11.5 Å². The maximum atomic E-state index is 8.82. The second-order valence-electron chi connectivity index (χ2n) is 2.36. The Labute approximate surface area is 68.3 Å². The van der Waals surface area contributed by atoms with Crippen LogP contribution in [0.15, 0.2) is 24.4 Å². The molecule has 1 aromatic heterocycles. The number of aromatic nitrogens is 1. The second kappa shape index (κ2) is 2.60. The minimum Gasteiger partial charge on any atom is -0.392 e. The molecule has 0 atom stereocenters. The first-order valence-corrected chi connectivity index (χ1v) is 4.11. The summed E-state index contributed by atoms with van der Waals surface area (Å²) < 4.78 is 5.17. The fourth-order valence-corrected chi connectivity index (χ4v) is 1.71. The number of rotatable bonds is 1. The zero-order valence-electron chi connectivity index (χ0n) is 5.82. The van der Waals surface area contributed by atoms with Gasteiger partial charge >= 0.3 is 0 Å². The summed E-state index contributed by atoms with van der Waals surface area (Å²) in [7, 11) is 0. The van der Waals surface area contributed by atoms with E-state index in [9.17, 15) is 0 Å². The number of nitrogens with zero attached hydrogens (tertiary/aromatic N) is 1. The molecule has 0 saturated carbocycles. The first-order valence-electron chi connectivity index (χ1n) is 3.34. The highest BCUT2D eigenvalue weighted by Crippen LogP contribution is 2.18. The highest BCUT2D eigenvalue weighted by atomic mass is 32.1. The van der Waals surface area contributed by atoms with Crippen molar-refractivity contribution in [2.75, 3.05) is 0 Å². The molecular formula is C8H7NOS. The summed E-state index contributed by atoms with van der Waals surface area (Å²) in [5, 5.41) is 9.96. The Balaban J connectivity index is 2.67. The Bertz CT molecular complexity index is 369. The largest absolute Gasteiger partial charge is 0.392 e. The van der Waals surface area contributed by atoms with Crippen LogP contribution in [0.2, 0.25) is 0 Å². The van der Waals surface area contributed by atoms with Crippen molar-refractivity contribution in [1.82, 2.24) is 4.37 Å². The van der Waals surface area contributed by atoms with Crippen LogP contribution in [0.1, 0.15) is 5.56 Å². The van der Waals surface area contributed by atoms with Gasteiger partial charge < -0.3 is 5.11 Å². The van der Waals surface area contributed by atoms with Crippen molar-refractivity contribution in [1.29, 1.82) is 0 Å². The molecule has 0 amide bonds. The molecule has 1 heterocycles. The predicted octanol–water partition coefficient (Wildman–Crippen LogP) is 1.79. The van der Waals surface area contributed by atoms with Gasteiger partial charge in [0.25, 0.3) is 0 Å². The maximum absolute atomic E-state index is 8.82. The van der Waals surface area contributed by atoms with E-state index in [-0.39, 0.29) is 6.61 Å². The third kappa shape index (κ3) is 1.13. The molecular weight excluding hydrogens is 158 g/mol. The van der Waals surface area contributed by atoms with Gasteiger partial charge in [0.05, 0.1) is 11.3 Å². The molecule has 2 aromatic rings. The molecule has 0 aliphatic carbocycles. The number of aliphatic hydroxyl groups excluding tert-OH is 1. The number of hydrogen-bond donors (Lipinski definition) is 1. The van der Waals surface area contributed by atoms with Crippen molar-refractivity contribution < 1.29 is 5.11 Å². The lowest BCUT2D eigenvalue weighted by molar-refractivity contribution is 0.282. The maximum Gasteiger partial charge on any atom is 0.0682 e. The summed E-state index contributed by atoms with van der Waals surface area (Å²) in [6.07, 6.45) is 1.83. The van der Waals surface area contributed by atoms with Crippen LogP contribution in [0.4, 0.5) is 0 Å². The van der Waals surface area contributed by atoms with Crippen molar-refractivity contribution in [2.24, 2.45) is 0 Å². The van der Waals surface area contributed by atoms with Gasteiger partial charge in [0, 0.05) is 11.6 Å². The van der Waals surface area contributed by atoms with Crippen molar-refractivity contribution in [3.63, 3.8) is 0 Å². The third-order valence-electron chi connectivity index (χ3n) is 1.60. The minimum atomic E-state index is 0.105. The molecule has 0 saturated heterocycles. The van der Waals surface area contributed by atoms with E-state index >= 15 is 0 Å². The van der Waals surface area contributed by atoms with E-state index in [2.05, 4.69) is 4.37 Å². The third-order valence-corrected chi connectivity index (χ3v) is 2.36. The Morgan fingerprint density at radius 1 is 1.45 bits per heavy atom. The van der Waals surface area contributed by atoms with Crippen molar-refractivity contribution in [3.8, 4) is 0 Å². The van der Waals surface area contributed by atoms with Crippen molar-refractivity contribution in [2.45, 2.75) is 6.61 Å². The molecule has 0 bridgehead atoms. The van der Waals surface area contributed by atoms with E-state index in [0.717, 1.165) is 15.6 Å². The average molecular weight is 165 g/mol. The molecule has 56 valence electrons. The fourth-order valence-electron chi connectivity index (χ4n) is 1.00. The molecule has 0 unspecified atom stereocenters. The molecule has 0 aliphatic heterocycles. The molecule has 1 N–H and O–H groups in total. The number of fused-ring (bicyclic) bond motifs is 1. The summed E-state index contributed by atoms with van der Waals surface area (Å²) in [5.74, 6) is 0. The molecule has 0 aliphatic rings. The van der Waals surface area contributed by atoms with E-state index in [1.807, 2.05) is 24.4 Å². The molecule has 2 nitrogen and oxygen atoms in total. The average Bonchev–Trinajstić information content (AvgIpc) is 2.50. The first-order chi connectivity index (χ1) is 5.40. The van der Waals surface area contributed by atoms with Crippen LogP contribution in [-0.2, 0) is 6.61 Å². The Morgan fingerprint density at radius 2 is 2.36 bits per heavy atom. The summed E-state index contributed by atoms with van der Waals surface area (Å²) in [6.45, 7) is 0.105. The van der Waals surface area contributed by atoms with Gasteiger partial charge in [-0.15, -0.1) is 0 Å². The molecule has 3 heteroatoms. The molecule has 0 fully saturated rings. The lowest BCUT2D eigenvalue weighted by Crippen LogP contribution is -1.79.